The molecule has 0 unspecified atom stereocenters. The second-order valence-electron chi connectivity index (χ2n) is 6.16. The van der Waals surface area contributed by atoms with E-state index in [2.05, 4.69) is 0 Å². The van der Waals surface area contributed by atoms with Crippen LogP contribution in [-0.4, -0.2) is 16.2 Å². The molecule has 0 spiro atoms. The smallest absolute Gasteiger partial charge is 0.307 e. The highest BCUT2D eigenvalue weighted by atomic mass is 16.5. The van der Waals surface area contributed by atoms with Gasteiger partial charge in [-0.1, -0.05) is 60.2 Å². The second kappa shape index (κ2) is 7.74. The number of hydrogen-bond donors (Lipinski definition) is 2. The maximum atomic E-state index is 11.0. The van der Waals surface area contributed by atoms with Gasteiger partial charge in [0.15, 0.2) is 0 Å². The molecular formula is C22H20O4. The van der Waals surface area contributed by atoms with Crippen LogP contribution < -0.4 is 4.74 Å². The van der Waals surface area contributed by atoms with Crippen LogP contribution >= 0.6 is 0 Å². The minimum atomic E-state index is -0.984. The van der Waals surface area contributed by atoms with E-state index in [0.717, 1.165) is 16.7 Å². The molecule has 0 aliphatic rings. The second-order valence-corrected chi connectivity index (χ2v) is 6.16. The predicted octanol–water partition coefficient (Wildman–Crippen LogP) is 4.57. The van der Waals surface area contributed by atoms with Crippen molar-refractivity contribution in [2.24, 2.45) is 0 Å². The molecule has 26 heavy (non-hydrogen) atoms. The molecule has 2 N–H and O–H groups in total. The molecule has 0 atom stereocenters. The Bertz CT molecular complexity index is 917. The third-order valence-electron chi connectivity index (χ3n) is 4.12. The number of benzene rings is 3. The zero-order valence-electron chi connectivity index (χ0n) is 14.5. The van der Waals surface area contributed by atoms with Crippen molar-refractivity contribution >= 4 is 5.97 Å². The van der Waals surface area contributed by atoms with Crippen molar-refractivity contribution in [1.29, 1.82) is 0 Å². The Labute approximate surface area is 152 Å². The number of rotatable bonds is 6. The average molecular weight is 348 g/mol. The Morgan fingerprint density at radius 1 is 0.962 bits per heavy atom. The van der Waals surface area contributed by atoms with E-state index >= 15 is 0 Å². The monoisotopic (exact) mass is 348 g/mol. The molecule has 0 aliphatic heterocycles. The first-order chi connectivity index (χ1) is 12.5. The number of hydrogen-bond acceptors (Lipinski definition) is 3. The van der Waals surface area contributed by atoms with Crippen LogP contribution in [0.4, 0.5) is 0 Å². The normalized spacial score (nSPS) is 10.5. The zero-order chi connectivity index (χ0) is 18.5. The molecule has 0 saturated heterocycles. The fourth-order valence-electron chi connectivity index (χ4n) is 2.83. The summed E-state index contributed by atoms with van der Waals surface area (Å²) in [5.41, 5.74) is 3.75. The van der Waals surface area contributed by atoms with Crippen LogP contribution in [0.1, 0.15) is 16.7 Å². The van der Waals surface area contributed by atoms with Gasteiger partial charge in [-0.3, -0.25) is 4.79 Å². The summed E-state index contributed by atoms with van der Waals surface area (Å²) < 4.78 is 5.98. The molecule has 0 aromatic heterocycles. The molecule has 0 aliphatic carbocycles. The molecular weight excluding hydrogens is 328 g/mol. The molecule has 3 aromatic carbocycles. The fraction of sp³-hybridized carbons (Fsp3) is 0.136. The number of carboxylic acids is 1. The number of phenolic OH excluding ortho intramolecular Hbond substituents is 1. The maximum Gasteiger partial charge on any atom is 0.307 e. The van der Waals surface area contributed by atoms with E-state index in [4.69, 9.17) is 9.84 Å². The van der Waals surface area contributed by atoms with Gasteiger partial charge in [-0.15, -0.1) is 0 Å². The minimum Gasteiger partial charge on any atom is -0.507 e. The lowest BCUT2D eigenvalue weighted by molar-refractivity contribution is -0.136. The molecule has 132 valence electrons. The Morgan fingerprint density at radius 2 is 1.73 bits per heavy atom. The SMILES string of the molecule is Cc1ccc(OCc2ccccc2)c(-c2cccc(CC(=O)O)c2O)c1. The summed E-state index contributed by atoms with van der Waals surface area (Å²) in [6.45, 7) is 2.37. The van der Waals surface area contributed by atoms with Crippen molar-refractivity contribution in [2.45, 2.75) is 20.0 Å². The molecule has 3 aromatic rings. The number of aromatic hydroxyl groups is 1. The molecule has 0 radical (unpaired) electrons. The van der Waals surface area contributed by atoms with Crippen LogP contribution in [0.5, 0.6) is 11.5 Å². The molecule has 0 heterocycles. The van der Waals surface area contributed by atoms with Gasteiger partial charge in [-0.05, 0) is 24.6 Å². The van der Waals surface area contributed by atoms with Crippen LogP contribution in [0, 0.1) is 6.92 Å². The van der Waals surface area contributed by atoms with E-state index in [-0.39, 0.29) is 12.2 Å². The highest BCUT2D eigenvalue weighted by Crippen LogP contribution is 2.38. The van der Waals surface area contributed by atoms with Gasteiger partial charge in [-0.2, -0.15) is 0 Å². The third kappa shape index (κ3) is 4.03. The van der Waals surface area contributed by atoms with Crippen LogP contribution in [-0.2, 0) is 17.8 Å². The minimum absolute atomic E-state index is 0.0231. The lowest BCUT2D eigenvalue weighted by Crippen LogP contribution is -2.01. The summed E-state index contributed by atoms with van der Waals surface area (Å²) in [6.07, 6.45) is -0.230. The van der Waals surface area contributed by atoms with Crippen molar-refractivity contribution < 1.29 is 19.7 Å². The van der Waals surface area contributed by atoms with Crippen molar-refractivity contribution in [3.63, 3.8) is 0 Å². The number of aryl methyl sites for hydroxylation is 1. The quantitative estimate of drug-likeness (QED) is 0.684. The van der Waals surface area contributed by atoms with Crippen molar-refractivity contribution in [3.8, 4) is 22.6 Å². The highest BCUT2D eigenvalue weighted by molar-refractivity contribution is 5.80. The number of ether oxygens (including phenoxy) is 1. The Kier molecular flexibility index (Phi) is 5.23. The van der Waals surface area contributed by atoms with Crippen LogP contribution in [0.3, 0.4) is 0 Å². The number of para-hydroxylation sites is 1. The van der Waals surface area contributed by atoms with E-state index in [1.165, 1.54) is 0 Å². The van der Waals surface area contributed by atoms with Crippen LogP contribution in [0.2, 0.25) is 0 Å². The summed E-state index contributed by atoms with van der Waals surface area (Å²) in [5, 5.41) is 19.6. The summed E-state index contributed by atoms with van der Waals surface area (Å²) in [7, 11) is 0. The topological polar surface area (TPSA) is 66.8 Å². The lowest BCUT2D eigenvalue weighted by Gasteiger charge is -2.15. The molecule has 0 fully saturated rings. The van der Waals surface area contributed by atoms with Gasteiger partial charge in [0, 0.05) is 16.7 Å². The summed E-state index contributed by atoms with van der Waals surface area (Å²) in [6, 6.07) is 20.7. The third-order valence-corrected chi connectivity index (χ3v) is 4.12. The molecule has 3 rings (SSSR count). The molecule has 0 amide bonds. The van der Waals surface area contributed by atoms with Crippen molar-refractivity contribution in [3.05, 3.63) is 83.4 Å². The predicted molar refractivity (Wildman–Crippen MR) is 100 cm³/mol. The maximum absolute atomic E-state index is 11.0. The first-order valence-corrected chi connectivity index (χ1v) is 8.35. The summed E-state index contributed by atoms with van der Waals surface area (Å²) in [5.74, 6) is -0.366. The summed E-state index contributed by atoms with van der Waals surface area (Å²) >= 11 is 0. The Balaban J connectivity index is 1.97. The molecule has 4 nitrogen and oxygen atoms in total. The van der Waals surface area contributed by atoms with E-state index in [1.54, 1.807) is 18.2 Å². The van der Waals surface area contributed by atoms with E-state index in [0.29, 0.717) is 23.5 Å². The summed E-state index contributed by atoms with van der Waals surface area (Å²) in [4.78, 5) is 11.0. The lowest BCUT2D eigenvalue weighted by atomic mass is 9.98. The van der Waals surface area contributed by atoms with E-state index < -0.39 is 5.97 Å². The highest BCUT2D eigenvalue weighted by Gasteiger charge is 2.15. The van der Waals surface area contributed by atoms with E-state index in [1.807, 2.05) is 55.5 Å². The number of aliphatic carboxylic acids is 1. The molecule has 0 bridgehead atoms. The van der Waals surface area contributed by atoms with Crippen LogP contribution in [0.25, 0.3) is 11.1 Å². The number of carbonyl (C=O) groups is 1. The first-order valence-electron chi connectivity index (χ1n) is 8.35. The fourth-order valence-corrected chi connectivity index (χ4v) is 2.83. The van der Waals surface area contributed by atoms with Gasteiger partial charge >= 0.3 is 5.97 Å². The van der Waals surface area contributed by atoms with E-state index in [9.17, 15) is 9.90 Å². The zero-order valence-corrected chi connectivity index (χ0v) is 14.5. The van der Waals surface area contributed by atoms with Gasteiger partial charge in [0.1, 0.15) is 18.1 Å². The standard InChI is InChI=1S/C22H20O4/c1-15-10-11-20(26-14-16-6-3-2-4-7-16)19(12-15)18-9-5-8-17(22(18)25)13-21(23)24/h2-12,25H,13-14H2,1H3,(H,23,24). The Hall–Kier alpha value is -3.27. The van der Waals surface area contributed by atoms with Gasteiger partial charge in [0.2, 0.25) is 0 Å². The van der Waals surface area contributed by atoms with Crippen molar-refractivity contribution in [1.82, 2.24) is 0 Å². The molecule has 0 saturated carbocycles. The largest absolute Gasteiger partial charge is 0.507 e. The first kappa shape index (κ1) is 17.5. The van der Waals surface area contributed by atoms with Gasteiger partial charge in [0.05, 0.1) is 6.42 Å². The number of phenols is 1. The van der Waals surface area contributed by atoms with Gasteiger partial charge < -0.3 is 14.9 Å². The average Bonchev–Trinajstić information content (AvgIpc) is 2.63. The van der Waals surface area contributed by atoms with Gasteiger partial charge in [-0.25, -0.2) is 0 Å². The van der Waals surface area contributed by atoms with Crippen LogP contribution in [0.15, 0.2) is 66.7 Å². The molecule has 4 heteroatoms. The van der Waals surface area contributed by atoms with Gasteiger partial charge in [0.25, 0.3) is 0 Å². The Morgan fingerprint density at radius 3 is 2.46 bits per heavy atom. The number of carboxylic acid groups (broad SMARTS) is 1. The van der Waals surface area contributed by atoms with Crippen molar-refractivity contribution in [2.75, 3.05) is 0 Å².